The Labute approximate surface area is 163 Å². The number of carbonyl (C=O) groups is 1. The molecule has 1 aliphatic rings. The van der Waals surface area contributed by atoms with Crippen molar-refractivity contribution < 1.29 is 22.7 Å². The summed E-state index contributed by atoms with van der Waals surface area (Å²) in [5, 5.41) is 6.74. The lowest BCUT2D eigenvalue weighted by atomic mass is 10.2. The maximum absolute atomic E-state index is 12.8. The molecule has 1 N–H and O–H groups in total. The maximum atomic E-state index is 12.8. The van der Waals surface area contributed by atoms with E-state index in [0.717, 1.165) is 5.56 Å². The molecule has 2 heterocycles. The highest BCUT2D eigenvalue weighted by atomic mass is 32.2. The van der Waals surface area contributed by atoms with Crippen LogP contribution in [0.3, 0.4) is 0 Å². The molecule has 0 unspecified atom stereocenters. The highest BCUT2D eigenvalue weighted by Crippen LogP contribution is 2.29. The third-order valence-corrected chi connectivity index (χ3v) is 6.90. The van der Waals surface area contributed by atoms with E-state index in [1.807, 2.05) is 16.8 Å². The molecule has 0 bridgehead atoms. The average molecular weight is 411 g/mol. The number of rotatable bonds is 7. The zero-order valence-electron chi connectivity index (χ0n) is 15.0. The molecular weight excluding hydrogens is 388 g/mol. The van der Waals surface area contributed by atoms with Gasteiger partial charge in [0.05, 0.1) is 30.9 Å². The first-order chi connectivity index (χ1) is 13.0. The fourth-order valence-electron chi connectivity index (χ4n) is 2.79. The molecule has 1 fully saturated rings. The van der Waals surface area contributed by atoms with E-state index >= 15 is 0 Å². The predicted octanol–water partition coefficient (Wildman–Crippen LogP) is 2.35. The first-order valence-corrected chi connectivity index (χ1v) is 11.0. The van der Waals surface area contributed by atoms with Crippen molar-refractivity contribution in [3.63, 3.8) is 0 Å². The Morgan fingerprint density at radius 2 is 2.07 bits per heavy atom. The van der Waals surface area contributed by atoms with Crippen molar-refractivity contribution in [3.05, 3.63) is 40.6 Å². The van der Waals surface area contributed by atoms with Crippen molar-refractivity contribution in [2.75, 3.05) is 38.7 Å². The molecule has 7 nitrogen and oxygen atoms in total. The second-order valence-corrected chi connectivity index (χ2v) is 8.78. The Kier molecular flexibility index (Phi) is 6.48. The van der Waals surface area contributed by atoms with Gasteiger partial charge < -0.3 is 14.8 Å². The molecule has 1 amide bonds. The van der Waals surface area contributed by atoms with Crippen LogP contribution < -0.4 is 10.1 Å². The number of anilines is 1. The Hall–Kier alpha value is -1.94. The Bertz CT molecular complexity index is 875. The van der Waals surface area contributed by atoms with Gasteiger partial charge in [-0.2, -0.15) is 15.6 Å². The number of carbonyl (C=O) groups excluding carboxylic acids is 1. The summed E-state index contributed by atoms with van der Waals surface area (Å²) in [6.07, 6.45) is 0.934. The number of hydrogen-bond donors (Lipinski definition) is 1. The van der Waals surface area contributed by atoms with Crippen LogP contribution in [0.2, 0.25) is 0 Å². The Morgan fingerprint density at radius 1 is 1.30 bits per heavy atom. The van der Waals surface area contributed by atoms with Gasteiger partial charge in [0, 0.05) is 19.5 Å². The molecule has 1 aromatic heterocycles. The van der Waals surface area contributed by atoms with Crippen molar-refractivity contribution >= 4 is 33.0 Å². The molecule has 1 saturated heterocycles. The Morgan fingerprint density at radius 3 is 2.74 bits per heavy atom. The molecule has 0 atom stereocenters. The van der Waals surface area contributed by atoms with E-state index in [2.05, 4.69) is 5.32 Å². The number of amides is 1. The summed E-state index contributed by atoms with van der Waals surface area (Å²) >= 11 is 1.59. The van der Waals surface area contributed by atoms with E-state index in [1.165, 1.54) is 23.5 Å². The van der Waals surface area contributed by atoms with Gasteiger partial charge in [0.1, 0.15) is 5.75 Å². The number of aryl methyl sites for hydroxylation is 1. The number of benzene rings is 1. The monoisotopic (exact) mass is 410 g/mol. The fraction of sp³-hybridized carbons (Fsp3) is 0.389. The highest BCUT2D eigenvalue weighted by molar-refractivity contribution is 7.89. The van der Waals surface area contributed by atoms with Gasteiger partial charge in [-0.05, 0) is 47.0 Å². The van der Waals surface area contributed by atoms with Crippen LogP contribution in [0.4, 0.5) is 5.69 Å². The standard InChI is InChI=1S/C18H22N2O5S2/c1-24-17-4-3-15(27(22,23)20-7-9-25-10-8-20)12-16(17)19-18(21)5-2-14-6-11-26-13-14/h3-4,6,11-13H,2,5,7-10H2,1H3,(H,19,21). The number of morpholine rings is 1. The summed E-state index contributed by atoms with van der Waals surface area (Å²) in [6, 6.07) is 6.48. The van der Waals surface area contributed by atoms with Gasteiger partial charge in [-0.3, -0.25) is 4.79 Å². The van der Waals surface area contributed by atoms with E-state index in [-0.39, 0.29) is 10.8 Å². The van der Waals surface area contributed by atoms with Gasteiger partial charge in [-0.25, -0.2) is 8.42 Å². The van der Waals surface area contributed by atoms with Gasteiger partial charge >= 0.3 is 0 Å². The molecule has 2 aromatic rings. The lowest BCUT2D eigenvalue weighted by Crippen LogP contribution is -2.40. The fourth-order valence-corrected chi connectivity index (χ4v) is 4.92. The van der Waals surface area contributed by atoms with Crippen LogP contribution in [0.1, 0.15) is 12.0 Å². The SMILES string of the molecule is COc1ccc(S(=O)(=O)N2CCOCC2)cc1NC(=O)CCc1ccsc1. The maximum Gasteiger partial charge on any atom is 0.243 e. The minimum atomic E-state index is -3.65. The number of sulfonamides is 1. The second kappa shape index (κ2) is 8.83. The second-order valence-electron chi connectivity index (χ2n) is 6.06. The van der Waals surface area contributed by atoms with Crippen LogP contribution in [0.5, 0.6) is 5.75 Å². The van der Waals surface area contributed by atoms with Crippen LogP contribution in [0.15, 0.2) is 39.9 Å². The first kappa shape index (κ1) is 19.8. The molecule has 0 saturated carbocycles. The van der Waals surface area contributed by atoms with Gasteiger partial charge in [-0.15, -0.1) is 0 Å². The molecule has 0 aliphatic carbocycles. The van der Waals surface area contributed by atoms with E-state index in [4.69, 9.17) is 9.47 Å². The van der Waals surface area contributed by atoms with Gasteiger partial charge in [0.15, 0.2) is 0 Å². The molecule has 1 aromatic carbocycles. The topological polar surface area (TPSA) is 84.9 Å². The first-order valence-electron chi connectivity index (χ1n) is 8.57. The number of thiophene rings is 1. The molecule has 9 heteroatoms. The minimum absolute atomic E-state index is 0.123. The van der Waals surface area contributed by atoms with E-state index in [0.29, 0.717) is 50.6 Å². The zero-order valence-corrected chi connectivity index (χ0v) is 16.6. The van der Waals surface area contributed by atoms with Crippen molar-refractivity contribution in [2.45, 2.75) is 17.7 Å². The summed E-state index contributed by atoms with van der Waals surface area (Å²) in [4.78, 5) is 12.4. The number of ether oxygens (including phenoxy) is 2. The van der Waals surface area contributed by atoms with Crippen molar-refractivity contribution in [2.24, 2.45) is 0 Å². The molecule has 0 spiro atoms. The highest BCUT2D eigenvalue weighted by Gasteiger charge is 2.27. The van der Waals surface area contributed by atoms with Crippen molar-refractivity contribution in [3.8, 4) is 5.75 Å². The Balaban J connectivity index is 1.75. The lowest BCUT2D eigenvalue weighted by molar-refractivity contribution is -0.116. The summed E-state index contributed by atoms with van der Waals surface area (Å²) in [5.74, 6) is 0.222. The predicted molar refractivity (Wildman–Crippen MR) is 104 cm³/mol. The normalized spacial score (nSPS) is 15.4. The molecule has 27 heavy (non-hydrogen) atoms. The lowest BCUT2D eigenvalue weighted by Gasteiger charge is -2.26. The number of nitrogens with zero attached hydrogens (tertiary/aromatic N) is 1. The van der Waals surface area contributed by atoms with E-state index < -0.39 is 10.0 Å². The number of nitrogens with one attached hydrogen (secondary N) is 1. The van der Waals surface area contributed by atoms with E-state index in [9.17, 15) is 13.2 Å². The number of hydrogen-bond acceptors (Lipinski definition) is 6. The molecule has 3 rings (SSSR count). The summed E-state index contributed by atoms with van der Waals surface area (Å²) in [6.45, 7) is 1.39. The third-order valence-electron chi connectivity index (χ3n) is 4.27. The summed E-state index contributed by atoms with van der Waals surface area (Å²) in [7, 11) is -2.17. The van der Waals surface area contributed by atoms with Crippen molar-refractivity contribution in [1.29, 1.82) is 0 Å². The smallest absolute Gasteiger partial charge is 0.243 e. The zero-order chi connectivity index (χ0) is 19.3. The van der Waals surface area contributed by atoms with Crippen LogP contribution >= 0.6 is 11.3 Å². The minimum Gasteiger partial charge on any atom is -0.495 e. The van der Waals surface area contributed by atoms with Crippen LogP contribution in [0.25, 0.3) is 0 Å². The van der Waals surface area contributed by atoms with Gasteiger partial charge in [-0.1, -0.05) is 0 Å². The van der Waals surface area contributed by atoms with Crippen LogP contribution in [-0.4, -0.2) is 52.0 Å². The van der Waals surface area contributed by atoms with E-state index in [1.54, 1.807) is 17.4 Å². The number of methoxy groups -OCH3 is 1. The molecule has 1 aliphatic heterocycles. The average Bonchev–Trinajstić information content (AvgIpc) is 3.20. The molecular formula is C18H22N2O5S2. The third kappa shape index (κ3) is 4.86. The van der Waals surface area contributed by atoms with Crippen LogP contribution in [-0.2, 0) is 26.0 Å². The van der Waals surface area contributed by atoms with Gasteiger partial charge in [0.2, 0.25) is 15.9 Å². The van der Waals surface area contributed by atoms with Crippen LogP contribution in [0, 0.1) is 0 Å². The largest absolute Gasteiger partial charge is 0.495 e. The van der Waals surface area contributed by atoms with Gasteiger partial charge in [0.25, 0.3) is 0 Å². The summed E-state index contributed by atoms with van der Waals surface area (Å²) in [5.41, 5.74) is 1.45. The summed E-state index contributed by atoms with van der Waals surface area (Å²) < 4.78 is 37.5. The molecule has 146 valence electrons. The molecule has 0 radical (unpaired) electrons. The quantitative estimate of drug-likeness (QED) is 0.757. The van der Waals surface area contributed by atoms with Crippen molar-refractivity contribution in [1.82, 2.24) is 4.31 Å².